The van der Waals surface area contributed by atoms with Crippen LogP contribution in [-0.2, 0) is 4.74 Å². The average molecular weight is 250 g/mol. The molecule has 1 saturated heterocycles. The number of anilines is 1. The van der Waals surface area contributed by atoms with Crippen LogP contribution in [0.3, 0.4) is 0 Å². The Bertz CT molecular complexity index is 433. The van der Waals surface area contributed by atoms with E-state index >= 15 is 0 Å². The molecule has 100 valence electrons. The fraction of sp³-hybridized carbons (Fsp3) is 0.692. The molecule has 1 aliphatic rings. The van der Waals surface area contributed by atoms with Gasteiger partial charge >= 0.3 is 0 Å². The molecule has 2 N–H and O–H groups in total. The molecule has 18 heavy (non-hydrogen) atoms. The number of nitrogens with two attached hydrogens (primary N) is 1. The number of morpholine rings is 1. The first-order valence-electron chi connectivity index (χ1n) is 6.34. The molecule has 0 aliphatic carbocycles. The molecule has 0 saturated carbocycles. The summed E-state index contributed by atoms with van der Waals surface area (Å²) in [4.78, 5) is 11.2. The summed E-state index contributed by atoms with van der Waals surface area (Å²) in [6, 6.07) is 0. The van der Waals surface area contributed by atoms with Crippen molar-refractivity contribution in [2.24, 2.45) is 5.73 Å². The van der Waals surface area contributed by atoms with Crippen LogP contribution in [0.4, 0.5) is 5.82 Å². The van der Waals surface area contributed by atoms with Gasteiger partial charge in [-0.1, -0.05) is 0 Å². The van der Waals surface area contributed by atoms with Gasteiger partial charge in [0.2, 0.25) is 0 Å². The van der Waals surface area contributed by atoms with Gasteiger partial charge in [-0.2, -0.15) is 0 Å². The summed E-state index contributed by atoms with van der Waals surface area (Å²) in [5.41, 5.74) is 7.47. The minimum atomic E-state index is -0.206. The molecule has 5 nitrogen and oxygen atoms in total. The Morgan fingerprint density at radius 2 is 2.17 bits per heavy atom. The quantitative estimate of drug-likeness (QED) is 0.849. The van der Waals surface area contributed by atoms with Gasteiger partial charge in [-0.3, -0.25) is 4.98 Å². The Morgan fingerprint density at radius 1 is 1.44 bits per heavy atom. The molecule has 1 aromatic heterocycles. The van der Waals surface area contributed by atoms with Gasteiger partial charge in [0.1, 0.15) is 5.82 Å². The van der Waals surface area contributed by atoms with Crippen LogP contribution in [0.5, 0.6) is 0 Å². The average Bonchev–Trinajstić information content (AvgIpc) is 2.30. The molecule has 1 aliphatic heterocycles. The lowest BCUT2D eigenvalue weighted by atomic mass is 10.1. The third-order valence-electron chi connectivity index (χ3n) is 3.25. The Morgan fingerprint density at radius 3 is 2.78 bits per heavy atom. The van der Waals surface area contributed by atoms with Crippen molar-refractivity contribution in [2.75, 3.05) is 24.5 Å². The minimum Gasteiger partial charge on any atom is -0.367 e. The Hall–Kier alpha value is -1.20. The summed E-state index contributed by atoms with van der Waals surface area (Å²) >= 11 is 0. The van der Waals surface area contributed by atoms with Crippen LogP contribution in [0.1, 0.15) is 25.2 Å². The first-order valence-corrected chi connectivity index (χ1v) is 6.34. The van der Waals surface area contributed by atoms with Crippen molar-refractivity contribution in [3.8, 4) is 0 Å². The van der Waals surface area contributed by atoms with Crippen LogP contribution in [0.15, 0.2) is 6.20 Å². The predicted octanol–water partition coefficient (Wildman–Crippen LogP) is 1.04. The molecule has 0 spiro atoms. The molecule has 0 aromatic carbocycles. The maximum atomic E-state index is 5.91. The number of ether oxygens (including phenoxy) is 1. The molecule has 2 heterocycles. The van der Waals surface area contributed by atoms with Crippen LogP contribution < -0.4 is 10.6 Å². The first kappa shape index (κ1) is 13.2. The fourth-order valence-electron chi connectivity index (χ4n) is 2.27. The second kappa shape index (κ2) is 4.82. The third-order valence-corrected chi connectivity index (χ3v) is 3.25. The standard InChI is InChI=1S/C13H22N4O/c1-9-10(2)16-12(6-15-9)17-7-11(5-14)18-13(3,4)8-17/h6,11H,5,7-8,14H2,1-4H3. The molecule has 0 radical (unpaired) electrons. The van der Waals surface area contributed by atoms with E-state index in [1.165, 1.54) is 0 Å². The smallest absolute Gasteiger partial charge is 0.147 e. The van der Waals surface area contributed by atoms with Crippen LogP contribution >= 0.6 is 0 Å². The van der Waals surface area contributed by atoms with E-state index in [0.29, 0.717) is 6.54 Å². The van der Waals surface area contributed by atoms with Crippen molar-refractivity contribution in [3.63, 3.8) is 0 Å². The summed E-state index contributed by atoms with van der Waals surface area (Å²) in [5, 5.41) is 0. The SMILES string of the molecule is Cc1ncc(N2CC(CN)OC(C)(C)C2)nc1C. The summed E-state index contributed by atoms with van der Waals surface area (Å²) in [6.07, 6.45) is 1.88. The van der Waals surface area contributed by atoms with Gasteiger partial charge < -0.3 is 15.4 Å². The van der Waals surface area contributed by atoms with E-state index in [2.05, 4.69) is 28.7 Å². The van der Waals surface area contributed by atoms with Crippen LogP contribution in [0, 0.1) is 13.8 Å². The minimum absolute atomic E-state index is 0.0529. The predicted molar refractivity (Wildman–Crippen MR) is 71.7 cm³/mol. The summed E-state index contributed by atoms with van der Waals surface area (Å²) < 4.78 is 5.91. The molecular formula is C13H22N4O. The van der Waals surface area contributed by atoms with Gasteiger partial charge in [0.25, 0.3) is 0 Å². The zero-order chi connectivity index (χ0) is 13.3. The van der Waals surface area contributed by atoms with Crippen molar-refractivity contribution < 1.29 is 4.74 Å². The van der Waals surface area contributed by atoms with Gasteiger partial charge in [0.15, 0.2) is 0 Å². The van der Waals surface area contributed by atoms with E-state index in [1.807, 2.05) is 20.0 Å². The Balaban J connectivity index is 2.23. The molecule has 1 unspecified atom stereocenters. The highest BCUT2D eigenvalue weighted by Crippen LogP contribution is 2.24. The molecule has 5 heteroatoms. The highest BCUT2D eigenvalue weighted by atomic mass is 16.5. The number of rotatable bonds is 2. The van der Waals surface area contributed by atoms with Gasteiger partial charge in [-0.15, -0.1) is 0 Å². The van der Waals surface area contributed by atoms with Gasteiger partial charge in [-0.05, 0) is 27.7 Å². The Kier molecular flexibility index (Phi) is 3.54. The Labute approximate surface area is 108 Å². The zero-order valence-corrected chi connectivity index (χ0v) is 11.6. The van der Waals surface area contributed by atoms with Gasteiger partial charge in [-0.25, -0.2) is 4.98 Å². The van der Waals surface area contributed by atoms with E-state index in [9.17, 15) is 0 Å². The van der Waals surface area contributed by atoms with Crippen molar-refractivity contribution in [2.45, 2.75) is 39.4 Å². The van der Waals surface area contributed by atoms with E-state index in [1.54, 1.807) is 0 Å². The van der Waals surface area contributed by atoms with Crippen molar-refractivity contribution in [1.29, 1.82) is 0 Å². The van der Waals surface area contributed by atoms with Crippen molar-refractivity contribution in [1.82, 2.24) is 9.97 Å². The number of nitrogens with zero attached hydrogens (tertiary/aromatic N) is 3. The molecule has 2 rings (SSSR count). The highest BCUT2D eigenvalue weighted by molar-refractivity contribution is 5.39. The number of hydrogen-bond donors (Lipinski definition) is 1. The normalized spacial score (nSPS) is 23.2. The van der Waals surface area contributed by atoms with Crippen LogP contribution in [0.2, 0.25) is 0 Å². The summed E-state index contributed by atoms with van der Waals surface area (Å²) in [6.45, 7) is 10.2. The monoisotopic (exact) mass is 250 g/mol. The summed E-state index contributed by atoms with van der Waals surface area (Å²) in [5.74, 6) is 0.910. The number of aromatic nitrogens is 2. The summed E-state index contributed by atoms with van der Waals surface area (Å²) in [7, 11) is 0. The topological polar surface area (TPSA) is 64.3 Å². The first-order chi connectivity index (χ1) is 8.41. The molecule has 1 fully saturated rings. The van der Waals surface area contributed by atoms with Gasteiger partial charge in [0.05, 0.1) is 29.3 Å². The van der Waals surface area contributed by atoms with Gasteiger partial charge in [0, 0.05) is 19.6 Å². The lowest BCUT2D eigenvalue weighted by molar-refractivity contribution is -0.0790. The largest absolute Gasteiger partial charge is 0.367 e. The molecule has 1 atom stereocenters. The second-order valence-corrected chi connectivity index (χ2v) is 5.51. The van der Waals surface area contributed by atoms with E-state index < -0.39 is 0 Å². The van der Waals surface area contributed by atoms with Crippen LogP contribution in [0.25, 0.3) is 0 Å². The third kappa shape index (κ3) is 2.79. The van der Waals surface area contributed by atoms with E-state index in [0.717, 1.165) is 30.3 Å². The molecular weight excluding hydrogens is 228 g/mol. The maximum Gasteiger partial charge on any atom is 0.147 e. The molecule has 1 aromatic rings. The lowest BCUT2D eigenvalue weighted by Crippen LogP contribution is -2.55. The van der Waals surface area contributed by atoms with E-state index in [-0.39, 0.29) is 11.7 Å². The van der Waals surface area contributed by atoms with Crippen molar-refractivity contribution >= 4 is 5.82 Å². The maximum absolute atomic E-state index is 5.91. The van der Waals surface area contributed by atoms with Crippen molar-refractivity contribution in [3.05, 3.63) is 17.6 Å². The molecule has 0 bridgehead atoms. The highest BCUT2D eigenvalue weighted by Gasteiger charge is 2.33. The lowest BCUT2D eigenvalue weighted by Gasteiger charge is -2.43. The molecule has 0 amide bonds. The van der Waals surface area contributed by atoms with E-state index in [4.69, 9.17) is 10.5 Å². The fourth-order valence-corrected chi connectivity index (χ4v) is 2.27. The number of aryl methyl sites for hydroxylation is 2. The second-order valence-electron chi connectivity index (χ2n) is 5.51. The van der Waals surface area contributed by atoms with Crippen LogP contribution in [-0.4, -0.2) is 41.3 Å². The number of hydrogen-bond acceptors (Lipinski definition) is 5. The zero-order valence-electron chi connectivity index (χ0n) is 11.6.